The highest BCUT2D eigenvalue weighted by Crippen LogP contribution is 2.47. The minimum atomic E-state index is -0.330. The molecular formula is C26H32FN3. The summed E-state index contributed by atoms with van der Waals surface area (Å²) >= 11 is 0. The Hall–Kier alpha value is -2.07. The lowest BCUT2D eigenvalue weighted by molar-refractivity contribution is 0.0131. The number of nitrogens with zero attached hydrogens (tertiary/aromatic N) is 3. The van der Waals surface area contributed by atoms with Crippen LogP contribution >= 0.6 is 0 Å². The van der Waals surface area contributed by atoms with Gasteiger partial charge in [0.1, 0.15) is 0 Å². The summed E-state index contributed by atoms with van der Waals surface area (Å²) < 4.78 is 14.9. The van der Waals surface area contributed by atoms with Gasteiger partial charge in [-0.2, -0.15) is 4.39 Å². The Kier molecular flexibility index (Phi) is 5.01. The van der Waals surface area contributed by atoms with Gasteiger partial charge in [-0.3, -0.25) is 9.89 Å². The van der Waals surface area contributed by atoms with Crippen molar-refractivity contribution >= 4 is 5.71 Å². The summed E-state index contributed by atoms with van der Waals surface area (Å²) in [7, 11) is 0. The van der Waals surface area contributed by atoms with E-state index in [4.69, 9.17) is 0 Å². The second kappa shape index (κ2) is 7.56. The van der Waals surface area contributed by atoms with Crippen LogP contribution in [0, 0.1) is 18.3 Å². The Balaban J connectivity index is 1.45. The third-order valence-corrected chi connectivity index (χ3v) is 6.94. The van der Waals surface area contributed by atoms with Crippen LogP contribution in [-0.4, -0.2) is 35.2 Å². The first kappa shape index (κ1) is 19.9. The fourth-order valence-corrected chi connectivity index (χ4v) is 5.55. The van der Waals surface area contributed by atoms with Crippen molar-refractivity contribution < 1.29 is 4.39 Å². The number of likely N-dealkylation sites (tertiary alicyclic amines) is 1. The molecule has 2 aliphatic heterocycles. The van der Waals surface area contributed by atoms with Crippen molar-refractivity contribution in [3.63, 3.8) is 0 Å². The Morgan fingerprint density at radius 3 is 2.60 bits per heavy atom. The van der Waals surface area contributed by atoms with Crippen molar-refractivity contribution in [3.8, 4) is 11.1 Å². The number of aromatic nitrogens is 1. The zero-order valence-electron chi connectivity index (χ0n) is 18.5. The molecule has 1 aliphatic carbocycles. The highest BCUT2D eigenvalue weighted by molar-refractivity contribution is 5.84. The number of aryl methyl sites for hydroxylation is 2. The van der Waals surface area contributed by atoms with E-state index in [9.17, 15) is 4.39 Å². The molecule has 1 saturated carbocycles. The quantitative estimate of drug-likeness (QED) is 0.577. The average molecular weight is 406 g/mol. The van der Waals surface area contributed by atoms with Crippen molar-refractivity contribution in [1.82, 2.24) is 9.88 Å². The summed E-state index contributed by atoms with van der Waals surface area (Å²) in [4.78, 5) is 11.3. The number of hydrogen-bond acceptors (Lipinski definition) is 3. The number of hydrogen-bond donors (Lipinski definition) is 0. The molecule has 0 unspecified atom stereocenters. The number of pyridine rings is 1. The monoisotopic (exact) mass is 405 g/mol. The van der Waals surface area contributed by atoms with Gasteiger partial charge < -0.3 is 0 Å². The lowest BCUT2D eigenvalue weighted by Gasteiger charge is -2.48. The molecule has 1 aromatic heterocycles. The molecule has 3 nitrogen and oxygen atoms in total. The third kappa shape index (κ3) is 3.71. The Morgan fingerprint density at radius 2 is 1.97 bits per heavy atom. The lowest BCUT2D eigenvalue weighted by atomic mass is 9.77. The van der Waals surface area contributed by atoms with E-state index in [1.807, 2.05) is 19.1 Å². The van der Waals surface area contributed by atoms with Crippen LogP contribution in [0.25, 0.3) is 11.1 Å². The lowest BCUT2D eigenvalue weighted by Crippen LogP contribution is -2.56. The van der Waals surface area contributed by atoms with Crippen LogP contribution in [0.5, 0.6) is 0 Å². The zero-order valence-corrected chi connectivity index (χ0v) is 18.5. The molecular weight excluding hydrogens is 373 g/mol. The first-order valence-corrected chi connectivity index (χ1v) is 11.5. The highest BCUT2D eigenvalue weighted by atomic mass is 19.1. The summed E-state index contributed by atoms with van der Waals surface area (Å²) in [5.74, 6) is 0.244. The largest absolute Gasteiger partial charge is 0.298 e. The maximum atomic E-state index is 14.9. The van der Waals surface area contributed by atoms with E-state index in [2.05, 4.69) is 40.9 Å². The summed E-state index contributed by atoms with van der Waals surface area (Å²) in [5, 5.41) is 0. The molecule has 4 heteroatoms. The maximum absolute atomic E-state index is 14.9. The predicted octanol–water partition coefficient (Wildman–Crippen LogP) is 5.69. The molecule has 3 heterocycles. The molecule has 5 rings (SSSR count). The van der Waals surface area contributed by atoms with E-state index in [1.165, 1.54) is 35.2 Å². The van der Waals surface area contributed by atoms with Gasteiger partial charge in [0.2, 0.25) is 5.95 Å². The maximum Gasteiger partial charge on any atom is 0.220 e. The van der Waals surface area contributed by atoms with Gasteiger partial charge in [-0.15, -0.1) is 0 Å². The number of rotatable bonds is 6. The van der Waals surface area contributed by atoms with Gasteiger partial charge in [0, 0.05) is 48.6 Å². The van der Waals surface area contributed by atoms with Gasteiger partial charge in [0.25, 0.3) is 0 Å². The van der Waals surface area contributed by atoms with Crippen LogP contribution in [0.1, 0.15) is 67.8 Å². The van der Waals surface area contributed by atoms with Gasteiger partial charge in [0.15, 0.2) is 0 Å². The molecule has 0 N–H and O–H groups in total. The van der Waals surface area contributed by atoms with Gasteiger partial charge >= 0.3 is 0 Å². The minimum Gasteiger partial charge on any atom is -0.298 e. The van der Waals surface area contributed by atoms with Crippen LogP contribution in [0.2, 0.25) is 0 Å². The normalized spacial score (nSPS) is 20.5. The first-order valence-electron chi connectivity index (χ1n) is 11.5. The van der Waals surface area contributed by atoms with E-state index in [0.717, 1.165) is 56.7 Å². The van der Waals surface area contributed by atoms with Gasteiger partial charge in [-0.05, 0) is 79.8 Å². The SMILES string of the molecule is CCCc1cc(CN2CC3(CN=C(C)C3)C2)cc(C2CC2)c1-c1ccc(C)nc1F. The predicted molar refractivity (Wildman–Crippen MR) is 121 cm³/mol. The Bertz CT molecular complexity index is 1000. The summed E-state index contributed by atoms with van der Waals surface area (Å²) in [6.07, 6.45) is 5.63. The van der Waals surface area contributed by atoms with Crippen LogP contribution in [0.4, 0.5) is 4.39 Å². The van der Waals surface area contributed by atoms with Crippen molar-refractivity contribution in [1.29, 1.82) is 0 Å². The van der Waals surface area contributed by atoms with E-state index in [0.29, 0.717) is 16.9 Å². The van der Waals surface area contributed by atoms with E-state index < -0.39 is 0 Å². The van der Waals surface area contributed by atoms with E-state index >= 15 is 0 Å². The van der Waals surface area contributed by atoms with E-state index in [-0.39, 0.29) is 5.95 Å². The summed E-state index contributed by atoms with van der Waals surface area (Å²) in [6.45, 7) is 10.5. The molecule has 3 aliphatic rings. The highest BCUT2D eigenvalue weighted by Gasteiger charge is 2.45. The fraction of sp³-hybridized carbons (Fsp3) is 0.538. The molecule has 1 saturated heterocycles. The second-order valence-corrected chi connectivity index (χ2v) is 9.91. The standard InChI is InChI=1S/C26H32FN3/c1-4-5-21-10-19(13-30-15-26(16-30)12-18(3)28-14-26)11-23(20-7-8-20)24(21)22-9-6-17(2)29-25(22)27/h6,9-11,20H,4-5,7-8,12-16H2,1-3H3. The molecule has 0 radical (unpaired) electrons. The third-order valence-electron chi connectivity index (χ3n) is 6.94. The zero-order chi connectivity index (χ0) is 20.9. The molecule has 0 bridgehead atoms. The summed E-state index contributed by atoms with van der Waals surface area (Å²) in [6, 6.07) is 8.57. The second-order valence-electron chi connectivity index (χ2n) is 9.91. The van der Waals surface area contributed by atoms with Gasteiger partial charge in [-0.25, -0.2) is 4.98 Å². The molecule has 2 fully saturated rings. The molecule has 158 valence electrons. The smallest absolute Gasteiger partial charge is 0.220 e. The summed E-state index contributed by atoms with van der Waals surface area (Å²) in [5.41, 5.74) is 8.27. The van der Waals surface area contributed by atoms with E-state index in [1.54, 1.807) is 0 Å². The van der Waals surface area contributed by atoms with Gasteiger partial charge in [-0.1, -0.05) is 25.5 Å². The number of aliphatic imine (C=N–C) groups is 1. The van der Waals surface area contributed by atoms with Crippen LogP contribution in [0.15, 0.2) is 29.3 Å². The minimum absolute atomic E-state index is 0.330. The average Bonchev–Trinajstić information content (AvgIpc) is 3.44. The molecule has 1 spiro atoms. The Labute approximate surface area is 179 Å². The molecule has 0 amide bonds. The van der Waals surface area contributed by atoms with Crippen molar-refractivity contribution in [2.45, 2.75) is 65.3 Å². The molecule has 1 aromatic carbocycles. The van der Waals surface area contributed by atoms with Crippen LogP contribution in [0.3, 0.4) is 0 Å². The fourth-order valence-electron chi connectivity index (χ4n) is 5.55. The van der Waals surface area contributed by atoms with Crippen LogP contribution < -0.4 is 0 Å². The van der Waals surface area contributed by atoms with Crippen molar-refractivity contribution in [3.05, 3.63) is 52.6 Å². The Morgan fingerprint density at radius 1 is 1.17 bits per heavy atom. The molecule has 2 aromatic rings. The van der Waals surface area contributed by atoms with Crippen LogP contribution in [-0.2, 0) is 13.0 Å². The number of benzene rings is 1. The van der Waals surface area contributed by atoms with Crippen molar-refractivity contribution in [2.24, 2.45) is 10.4 Å². The topological polar surface area (TPSA) is 28.5 Å². The molecule has 0 atom stereocenters. The number of halogens is 1. The first-order chi connectivity index (χ1) is 14.5. The van der Waals surface area contributed by atoms with Gasteiger partial charge in [0.05, 0.1) is 0 Å². The van der Waals surface area contributed by atoms with Crippen molar-refractivity contribution in [2.75, 3.05) is 19.6 Å². The molecule has 30 heavy (non-hydrogen) atoms.